The zero-order chi connectivity index (χ0) is 13.3. The molecule has 1 heterocycles. The summed E-state index contributed by atoms with van der Waals surface area (Å²) in [6, 6.07) is 6.14. The number of hydrogen-bond acceptors (Lipinski definition) is 3. The van der Waals surface area contributed by atoms with Crippen LogP contribution in [-0.4, -0.2) is 9.97 Å². The van der Waals surface area contributed by atoms with E-state index < -0.39 is 0 Å². The van der Waals surface area contributed by atoms with Crippen LogP contribution in [0.4, 0.5) is 5.82 Å². The summed E-state index contributed by atoms with van der Waals surface area (Å²) >= 11 is 0. The van der Waals surface area contributed by atoms with Crippen LogP contribution >= 0.6 is 0 Å². The zero-order valence-electron chi connectivity index (χ0n) is 11.4. The Morgan fingerprint density at radius 2 is 1.61 bits per heavy atom. The van der Waals surface area contributed by atoms with Crippen LogP contribution in [-0.2, 0) is 6.42 Å². The van der Waals surface area contributed by atoms with E-state index in [9.17, 15) is 0 Å². The Labute approximate surface area is 108 Å². The van der Waals surface area contributed by atoms with Gasteiger partial charge in [-0.15, -0.1) is 0 Å². The summed E-state index contributed by atoms with van der Waals surface area (Å²) in [6.45, 7) is 8.37. The number of nitrogens with zero attached hydrogens (tertiary/aromatic N) is 2. The summed E-state index contributed by atoms with van der Waals surface area (Å²) in [7, 11) is 0. The third-order valence-electron chi connectivity index (χ3n) is 3.24. The van der Waals surface area contributed by atoms with Crippen LogP contribution in [0.3, 0.4) is 0 Å². The highest BCUT2D eigenvalue weighted by Crippen LogP contribution is 2.24. The van der Waals surface area contributed by atoms with Crippen molar-refractivity contribution in [1.82, 2.24) is 9.97 Å². The van der Waals surface area contributed by atoms with Gasteiger partial charge in [0.1, 0.15) is 5.82 Å². The van der Waals surface area contributed by atoms with Gasteiger partial charge in [0.25, 0.3) is 0 Å². The number of anilines is 1. The van der Waals surface area contributed by atoms with Gasteiger partial charge in [0, 0.05) is 17.3 Å². The minimum absolute atomic E-state index is 0.537. The summed E-state index contributed by atoms with van der Waals surface area (Å²) in [5.41, 5.74) is 11.6. The Kier molecular flexibility index (Phi) is 3.32. The fraction of sp³-hybridized carbons (Fsp3) is 0.333. The second-order valence-electron chi connectivity index (χ2n) is 4.71. The summed E-state index contributed by atoms with van der Waals surface area (Å²) in [5, 5.41) is 0. The third-order valence-corrected chi connectivity index (χ3v) is 3.24. The van der Waals surface area contributed by atoms with Crippen molar-refractivity contribution in [2.24, 2.45) is 0 Å². The molecule has 2 aromatic rings. The number of hydrogen-bond donors (Lipinski definition) is 1. The standard InChI is InChI=1S/C15H19N3/c1-5-12-8-14(16)18-15(17-12)13-7-10(3)9(2)6-11(13)4/h6-8H,5H2,1-4H3,(H2,16,17,18). The lowest BCUT2D eigenvalue weighted by molar-refractivity contribution is 1.01. The number of rotatable bonds is 2. The average Bonchev–Trinajstić information content (AvgIpc) is 2.33. The van der Waals surface area contributed by atoms with Gasteiger partial charge in [0.2, 0.25) is 0 Å². The second-order valence-corrected chi connectivity index (χ2v) is 4.71. The number of benzene rings is 1. The van der Waals surface area contributed by atoms with Crippen molar-refractivity contribution in [3.63, 3.8) is 0 Å². The maximum absolute atomic E-state index is 5.84. The molecule has 0 unspecified atom stereocenters. The molecule has 0 fully saturated rings. The van der Waals surface area contributed by atoms with Crippen LogP contribution in [0, 0.1) is 20.8 Å². The van der Waals surface area contributed by atoms with Crippen molar-refractivity contribution in [2.45, 2.75) is 34.1 Å². The zero-order valence-corrected chi connectivity index (χ0v) is 11.4. The first-order valence-corrected chi connectivity index (χ1v) is 6.23. The van der Waals surface area contributed by atoms with Gasteiger partial charge in [-0.25, -0.2) is 9.97 Å². The van der Waals surface area contributed by atoms with E-state index in [1.54, 1.807) is 0 Å². The monoisotopic (exact) mass is 241 g/mol. The van der Waals surface area contributed by atoms with Crippen molar-refractivity contribution in [1.29, 1.82) is 0 Å². The molecule has 94 valence electrons. The molecule has 0 atom stereocenters. The van der Waals surface area contributed by atoms with Gasteiger partial charge in [-0.2, -0.15) is 0 Å². The van der Waals surface area contributed by atoms with Crippen molar-refractivity contribution in [3.8, 4) is 11.4 Å². The van der Waals surface area contributed by atoms with E-state index in [0.29, 0.717) is 5.82 Å². The summed E-state index contributed by atoms with van der Waals surface area (Å²) in [6.07, 6.45) is 0.865. The van der Waals surface area contributed by atoms with Crippen LogP contribution in [0.15, 0.2) is 18.2 Å². The summed E-state index contributed by atoms with van der Waals surface area (Å²) in [5.74, 6) is 1.27. The molecule has 3 heteroatoms. The van der Waals surface area contributed by atoms with Gasteiger partial charge >= 0.3 is 0 Å². The molecule has 18 heavy (non-hydrogen) atoms. The van der Waals surface area contributed by atoms with Crippen molar-refractivity contribution < 1.29 is 0 Å². The molecule has 1 aromatic carbocycles. The third kappa shape index (κ3) is 2.35. The number of aryl methyl sites for hydroxylation is 4. The molecule has 3 nitrogen and oxygen atoms in total. The van der Waals surface area contributed by atoms with Gasteiger partial charge in [-0.1, -0.05) is 13.0 Å². The molecule has 0 saturated heterocycles. The number of nitrogen functional groups attached to an aromatic ring is 1. The molecular weight excluding hydrogens is 222 g/mol. The minimum Gasteiger partial charge on any atom is -0.384 e. The van der Waals surface area contributed by atoms with E-state index in [-0.39, 0.29) is 0 Å². The molecule has 0 aliphatic carbocycles. The fourth-order valence-electron chi connectivity index (χ4n) is 2.02. The van der Waals surface area contributed by atoms with E-state index in [1.807, 2.05) is 6.07 Å². The van der Waals surface area contributed by atoms with E-state index in [4.69, 9.17) is 5.73 Å². The Morgan fingerprint density at radius 3 is 2.28 bits per heavy atom. The Hall–Kier alpha value is -1.90. The minimum atomic E-state index is 0.537. The molecule has 0 saturated carbocycles. The van der Waals surface area contributed by atoms with Crippen LogP contribution in [0.25, 0.3) is 11.4 Å². The summed E-state index contributed by atoms with van der Waals surface area (Å²) < 4.78 is 0. The first-order valence-electron chi connectivity index (χ1n) is 6.23. The lowest BCUT2D eigenvalue weighted by Crippen LogP contribution is -2.01. The van der Waals surface area contributed by atoms with Crippen LogP contribution < -0.4 is 5.73 Å². The number of nitrogens with two attached hydrogens (primary N) is 1. The predicted octanol–water partition coefficient (Wildman–Crippen LogP) is 3.21. The average molecular weight is 241 g/mol. The smallest absolute Gasteiger partial charge is 0.162 e. The molecule has 0 bridgehead atoms. The van der Waals surface area contributed by atoms with E-state index in [1.165, 1.54) is 16.7 Å². The SMILES string of the molecule is CCc1cc(N)nc(-c2cc(C)c(C)cc2C)n1. The maximum atomic E-state index is 5.84. The molecule has 2 N–H and O–H groups in total. The molecule has 0 aliphatic heterocycles. The van der Waals surface area contributed by atoms with E-state index in [0.717, 1.165) is 23.5 Å². The Morgan fingerprint density at radius 1 is 0.944 bits per heavy atom. The first kappa shape index (κ1) is 12.6. The molecule has 0 amide bonds. The second kappa shape index (κ2) is 4.77. The molecule has 0 spiro atoms. The Bertz CT molecular complexity index is 589. The van der Waals surface area contributed by atoms with Gasteiger partial charge in [-0.3, -0.25) is 0 Å². The normalized spacial score (nSPS) is 10.7. The molecule has 2 rings (SSSR count). The summed E-state index contributed by atoms with van der Waals surface area (Å²) in [4.78, 5) is 8.91. The van der Waals surface area contributed by atoms with Gasteiger partial charge < -0.3 is 5.73 Å². The largest absolute Gasteiger partial charge is 0.384 e. The van der Waals surface area contributed by atoms with E-state index >= 15 is 0 Å². The highest BCUT2D eigenvalue weighted by Gasteiger charge is 2.09. The van der Waals surface area contributed by atoms with E-state index in [2.05, 4.69) is 49.8 Å². The molecular formula is C15H19N3. The Balaban J connectivity index is 2.61. The number of aromatic nitrogens is 2. The van der Waals surface area contributed by atoms with Crippen LogP contribution in [0.5, 0.6) is 0 Å². The van der Waals surface area contributed by atoms with Crippen LogP contribution in [0.1, 0.15) is 29.3 Å². The molecule has 1 aromatic heterocycles. The fourth-order valence-corrected chi connectivity index (χ4v) is 2.02. The highest BCUT2D eigenvalue weighted by molar-refractivity contribution is 5.63. The van der Waals surface area contributed by atoms with Crippen molar-refractivity contribution >= 4 is 5.82 Å². The lowest BCUT2D eigenvalue weighted by atomic mass is 10.0. The van der Waals surface area contributed by atoms with Crippen LogP contribution in [0.2, 0.25) is 0 Å². The lowest BCUT2D eigenvalue weighted by Gasteiger charge is -2.10. The quantitative estimate of drug-likeness (QED) is 0.878. The van der Waals surface area contributed by atoms with Crippen molar-refractivity contribution in [3.05, 3.63) is 40.6 Å². The maximum Gasteiger partial charge on any atom is 0.162 e. The first-order chi connectivity index (χ1) is 8.51. The topological polar surface area (TPSA) is 51.8 Å². The highest BCUT2D eigenvalue weighted by atomic mass is 14.9. The van der Waals surface area contributed by atoms with Gasteiger partial charge in [-0.05, 0) is 49.9 Å². The van der Waals surface area contributed by atoms with Gasteiger partial charge in [0.05, 0.1) is 0 Å². The molecule has 0 radical (unpaired) electrons. The predicted molar refractivity (Wildman–Crippen MR) is 75.5 cm³/mol. The van der Waals surface area contributed by atoms with Crippen molar-refractivity contribution in [2.75, 3.05) is 5.73 Å². The van der Waals surface area contributed by atoms with Gasteiger partial charge in [0.15, 0.2) is 5.82 Å². The molecule has 0 aliphatic rings.